The molecule has 2 amide bonds. The van der Waals surface area contributed by atoms with Crippen LogP contribution in [0.4, 0.5) is 4.39 Å². The lowest BCUT2D eigenvalue weighted by atomic mass is 10.0. The molecule has 1 aliphatic rings. The zero-order valence-corrected chi connectivity index (χ0v) is 11.1. The molecule has 0 atom stereocenters. The van der Waals surface area contributed by atoms with Gasteiger partial charge in [0.15, 0.2) is 0 Å². The lowest BCUT2D eigenvalue weighted by molar-refractivity contribution is -0.127. The second kappa shape index (κ2) is 6.32. The minimum Gasteiger partial charge on any atom is -0.349 e. The number of rotatable bonds is 3. The Labute approximate surface area is 117 Å². The second-order valence-electron chi connectivity index (χ2n) is 4.76. The molecule has 0 aromatic heterocycles. The molecule has 1 heterocycles. The molecule has 20 heavy (non-hydrogen) atoms. The summed E-state index contributed by atoms with van der Waals surface area (Å²) in [6, 6.07) is 5.87. The number of carbonyl (C=O) groups is 2. The Bertz CT molecular complexity index is 522. The normalized spacial score (nSPS) is 15.8. The van der Waals surface area contributed by atoms with Crippen LogP contribution in [0.25, 0.3) is 0 Å². The highest BCUT2D eigenvalue weighted by Crippen LogP contribution is 2.13. The average Bonchev–Trinajstić information content (AvgIpc) is 2.47. The van der Waals surface area contributed by atoms with Gasteiger partial charge in [-0.25, -0.2) is 4.39 Å². The number of amides is 2. The standard InChI is InChI=1S/C15H17FN2O2/c1-2-14(19)18-9-7-11(8-10-18)17-15(20)12-5-3-4-6-13(12)16/h2-6,11H,1,7-10H2,(H,17,20). The molecule has 1 aromatic carbocycles. The Morgan fingerprint density at radius 2 is 1.95 bits per heavy atom. The van der Waals surface area contributed by atoms with Crippen molar-refractivity contribution in [3.8, 4) is 0 Å². The van der Waals surface area contributed by atoms with E-state index >= 15 is 0 Å². The van der Waals surface area contributed by atoms with E-state index in [2.05, 4.69) is 11.9 Å². The van der Waals surface area contributed by atoms with Gasteiger partial charge in [0.25, 0.3) is 5.91 Å². The maximum Gasteiger partial charge on any atom is 0.254 e. The van der Waals surface area contributed by atoms with Gasteiger partial charge in [0.2, 0.25) is 5.91 Å². The SMILES string of the molecule is C=CC(=O)N1CCC(NC(=O)c2ccccc2F)CC1. The third kappa shape index (κ3) is 3.23. The summed E-state index contributed by atoms with van der Waals surface area (Å²) in [7, 11) is 0. The van der Waals surface area contributed by atoms with Crippen molar-refractivity contribution in [1.29, 1.82) is 0 Å². The summed E-state index contributed by atoms with van der Waals surface area (Å²) < 4.78 is 13.5. The minimum absolute atomic E-state index is 0.0315. The fraction of sp³-hybridized carbons (Fsp3) is 0.333. The second-order valence-corrected chi connectivity index (χ2v) is 4.76. The molecule has 5 heteroatoms. The number of piperidine rings is 1. The number of likely N-dealkylation sites (tertiary alicyclic amines) is 1. The Balaban J connectivity index is 1.90. The van der Waals surface area contributed by atoms with E-state index in [4.69, 9.17) is 0 Å². The summed E-state index contributed by atoms with van der Waals surface area (Å²) in [6.45, 7) is 4.60. The number of nitrogens with zero attached hydrogens (tertiary/aromatic N) is 1. The number of halogens is 1. The summed E-state index contributed by atoms with van der Waals surface area (Å²) in [4.78, 5) is 25.1. The first-order valence-electron chi connectivity index (χ1n) is 6.58. The van der Waals surface area contributed by atoms with E-state index in [1.807, 2.05) is 0 Å². The Morgan fingerprint density at radius 1 is 1.30 bits per heavy atom. The van der Waals surface area contributed by atoms with Gasteiger partial charge < -0.3 is 10.2 Å². The van der Waals surface area contributed by atoms with E-state index in [0.29, 0.717) is 25.9 Å². The largest absolute Gasteiger partial charge is 0.349 e. The molecule has 0 radical (unpaired) electrons. The van der Waals surface area contributed by atoms with Crippen LogP contribution in [0.15, 0.2) is 36.9 Å². The fourth-order valence-corrected chi connectivity index (χ4v) is 2.28. The van der Waals surface area contributed by atoms with Gasteiger partial charge in [-0.05, 0) is 31.1 Å². The topological polar surface area (TPSA) is 49.4 Å². The molecule has 0 unspecified atom stereocenters. The van der Waals surface area contributed by atoms with Crippen LogP contribution in [0.1, 0.15) is 23.2 Å². The Hall–Kier alpha value is -2.17. The van der Waals surface area contributed by atoms with Crippen molar-refractivity contribution >= 4 is 11.8 Å². The predicted octanol–water partition coefficient (Wildman–Crippen LogP) is 1.73. The van der Waals surface area contributed by atoms with Crippen molar-refractivity contribution in [2.24, 2.45) is 0 Å². The first kappa shape index (κ1) is 14.2. The summed E-state index contributed by atoms with van der Waals surface area (Å²) >= 11 is 0. The molecule has 4 nitrogen and oxygen atoms in total. The molecule has 1 fully saturated rings. The lowest BCUT2D eigenvalue weighted by Gasteiger charge is -2.31. The third-order valence-corrected chi connectivity index (χ3v) is 3.43. The number of hydrogen-bond donors (Lipinski definition) is 1. The maximum atomic E-state index is 13.5. The average molecular weight is 276 g/mol. The highest BCUT2D eigenvalue weighted by molar-refractivity contribution is 5.94. The quantitative estimate of drug-likeness (QED) is 0.855. The van der Waals surface area contributed by atoms with Crippen LogP contribution >= 0.6 is 0 Å². The van der Waals surface area contributed by atoms with E-state index in [0.717, 1.165) is 0 Å². The van der Waals surface area contributed by atoms with Crippen LogP contribution in [0.2, 0.25) is 0 Å². The summed E-state index contributed by atoms with van der Waals surface area (Å²) in [5.41, 5.74) is 0.0529. The Kier molecular flexibility index (Phi) is 4.50. The van der Waals surface area contributed by atoms with Gasteiger partial charge in [-0.15, -0.1) is 0 Å². The van der Waals surface area contributed by atoms with Crippen molar-refractivity contribution in [3.05, 3.63) is 48.3 Å². The monoisotopic (exact) mass is 276 g/mol. The first-order valence-corrected chi connectivity index (χ1v) is 6.58. The van der Waals surface area contributed by atoms with Crippen LogP contribution in [0.5, 0.6) is 0 Å². The van der Waals surface area contributed by atoms with Gasteiger partial charge in [-0.2, -0.15) is 0 Å². The van der Waals surface area contributed by atoms with Gasteiger partial charge in [-0.1, -0.05) is 18.7 Å². The van der Waals surface area contributed by atoms with Crippen LogP contribution in [0, 0.1) is 5.82 Å². The van der Waals surface area contributed by atoms with Crippen molar-refractivity contribution in [2.45, 2.75) is 18.9 Å². The van der Waals surface area contributed by atoms with E-state index in [1.54, 1.807) is 17.0 Å². The van der Waals surface area contributed by atoms with Crippen molar-refractivity contribution in [2.75, 3.05) is 13.1 Å². The Morgan fingerprint density at radius 3 is 2.55 bits per heavy atom. The van der Waals surface area contributed by atoms with E-state index in [-0.39, 0.29) is 17.5 Å². The molecular formula is C15H17FN2O2. The van der Waals surface area contributed by atoms with E-state index in [1.165, 1.54) is 18.2 Å². The van der Waals surface area contributed by atoms with Crippen LogP contribution in [-0.4, -0.2) is 35.8 Å². The van der Waals surface area contributed by atoms with Gasteiger partial charge in [0.1, 0.15) is 5.82 Å². The number of benzene rings is 1. The number of nitrogens with one attached hydrogen (secondary N) is 1. The zero-order chi connectivity index (χ0) is 14.5. The highest BCUT2D eigenvalue weighted by Gasteiger charge is 2.23. The lowest BCUT2D eigenvalue weighted by Crippen LogP contribution is -2.46. The van der Waals surface area contributed by atoms with E-state index < -0.39 is 11.7 Å². The summed E-state index contributed by atoms with van der Waals surface area (Å²) in [5.74, 6) is -1.02. The number of carbonyl (C=O) groups excluding carboxylic acids is 2. The molecule has 0 aliphatic carbocycles. The fourth-order valence-electron chi connectivity index (χ4n) is 2.28. The molecule has 1 aromatic rings. The summed E-state index contributed by atoms with van der Waals surface area (Å²) in [6.07, 6.45) is 2.62. The van der Waals surface area contributed by atoms with Crippen LogP contribution in [-0.2, 0) is 4.79 Å². The molecule has 1 N–H and O–H groups in total. The van der Waals surface area contributed by atoms with Crippen LogP contribution < -0.4 is 5.32 Å². The van der Waals surface area contributed by atoms with E-state index in [9.17, 15) is 14.0 Å². The molecule has 1 saturated heterocycles. The molecule has 0 bridgehead atoms. The zero-order valence-electron chi connectivity index (χ0n) is 11.1. The number of hydrogen-bond acceptors (Lipinski definition) is 2. The van der Waals surface area contributed by atoms with Gasteiger partial charge in [-0.3, -0.25) is 9.59 Å². The highest BCUT2D eigenvalue weighted by atomic mass is 19.1. The molecule has 2 rings (SSSR count). The van der Waals surface area contributed by atoms with Crippen LogP contribution in [0.3, 0.4) is 0 Å². The summed E-state index contributed by atoms with van der Waals surface area (Å²) in [5, 5.41) is 2.81. The van der Waals surface area contributed by atoms with Gasteiger partial charge in [0.05, 0.1) is 5.56 Å². The molecule has 0 spiro atoms. The van der Waals surface area contributed by atoms with Crippen molar-refractivity contribution < 1.29 is 14.0 Å². The van der Waals surface area contributed by atoms with Gasteiger partial charge in [0, 0.05) is 19.1 Å². The third-order valence-electron chi connectivity index (χ3n) is 3.43. The first-order chi connectivity index (χ1) is 9.61. The smallest absolute Gasteiger partial charge is 0.254 e. The molecular weight excluding hydrogens is 259 g/mol. The molecule has 0 saturated carbocycles. The minimum atomic E-state index is -0.524. The molecule has 1 aliphatic heterocycles. The van der Waals surface area contributed by atoms with Crippen molar-refractivity contribution in [1.82, 2.24) is 10.2 Å². The maximum absolute atomic E-state index is 13.5. The molecule has 106 valence electrons. The predicted molar refractivity (Wildman–Crippen MR) is 73.7 cm³/mol. The van der Waals surface area contributed by atoms with Crippen molar-refractivity contribution in [3.63, 3.8) is 0 Å². The van der Waals surface area contributed by atoms with Gasteiger partial charge >= 0.3 is 0 Å².